The van der Waals surface area contributed by atoms with Crippen LogP contribution in [0.5, 0.6) is 5.75 Å². The van der Waals surface area contributed by atoms with Crippen molar-refractivity contribution < 1.29 is 18.3 Å². The van der Waals surface area contributed by atoms with E-state index in [4.69, 9.17) is 9.15 Å². The Morgan fingerprint density at radius 1 is 1.00 bits per heavy atom. The van der Waals surface area contributed by atoms with Crippen LogP contribution in [0.2, 0.25) is 0 Å². The molecule has 5 rings (SSSR count). The predicted octanol–water partition coefficient (Wildman–Crippen LogP) is 6.03. The maximum Gasteiger partial charge on any atom is 0.295 e. The molecule has 5 nitrogen and oxygen atoms in total. The Morgan fingerprint density at radius 2 is 1.79 bits per heavy atom. The average molecular weight is 458 g/mol. The summed E-state index contributed by atoms with van der Waals surface area (Å²) in [5, 5.41) is 0.109. The molecule has 0 saturated heterocycles. The van der Waals surface area contributed by atoms with Crippen LogP contribution in [-0.2, 0) is 6.42 Å². The summed E-state index contributed by atoms with van der Waals surface area (Å²) in [5.74, 6) is -0.318. The lowest BCUT2D eigenvalue weighted by molar-refractivity contribution is 0.0971. The molecule has 6 heteroatoms. The molecule has 1 aliphatic heterocycles. The van der Waals surface area contributed by atoms with Gasteiger partial charge in [0.05, 0.1) is 23.6 Å². The second-order valence-electron chi connectivity index (χ2n) is 8.33. The molecule has 4 aromatic rings. The summed E-state index contributed by atoms with van der Waals surface area (Å²) in [6.45, 7) is 4.63. The highest BCUT2D eigenvalue weighted by atomic mass is 19.1. The van der Waals surface area contributed by atoms with Crippen LogP contribution in [0.25, 0.3) is 11.0 Å². The fourth-order valence-electron chi connectivity index (χ4n) is 4.41. The van der Waals surface area contributed by atoms with Gasteiger partial charge in [0, 0.05) is 5.69 Å². The van der Waals surface area contributed by atoms with Crippen molar-refractivity contribution in [2.24, 2.45) is 0 Å². The van der Waals surface area contributed by atoms with Gasteiger partial charge in [-0.05, 0) is 66.4 Å². The van der Waals surface area contributed by atoms with E-state index < -0.39 is 23.2 Å². The molecule has 0 saturated carbocycles. The zero-order valence-electron chi connectivity index (χ0n) is 19.0. The lowest BCUT2D eigenvalue weighted by Crippen LogP contribution is -2.29. The molecule has 0 aliphatic carbocycles. The number of carbonyl (C=O) groups is 1. The van der Waals surface area contributed by atoms with E-state index in [1.165, 1.54) is 12.1 Å². The molecule has 0 N–H and O–H groups in total. The van der Waals surface area contributed by atoms with E-state index in [1.54, 1.807) is 4.90 Å². The van der Waals surface area contributed by atoms with E-state index in [1.807, 2.05) is 55.5 Å². The molecule has 1 aromatic heterocycles. The molecule has 0 bridgehead atoms. The number of rotatable bonds is 6. The highest BCUT2D eigenvalue weighted by Crippen LogP contribution is 2.42. The molecule has 0 radical (unpaired) electrons. The van der Waals surface area contributed by atoms with Crippen molar-refractivity contribution in [1.82, 2.24) is 0 Å². The monoisotopic (exact) mass is 457 g/mol. The van der Waals surface area contributed by atoms with Crippen LogP contribution >= 0.6 is 0 Å². The molecule has 1 aliphatic rings. The van der Waals surface area contributed by atoms with Gasteiger partial charge in [0.1, 0.15) is 17.1 Å². The number of aryl methyl sites for hydroxylation is 1. The first-order chi connectivity index (χ1) is 16.5. The van der Waals surface area contributed by atoms with Crippen LogP contribution in [0.3, 0.4) is 0 Å². The van der Waals surface area contributed by atoms with Crippen molar-refractivity contribution in [2.45, 2.75) is 32.7 Å². The number of anilines is 1. The minimum Gasteiger partial charge on any atom is -0.494 e. The standard InChI is InChI=1S/C28H24FNO4/c1-3-14-33-21-7-5-6-18(15-21)25-24-26(31)22-16-19(29)10-13-23(22)34-27(24)28(32)30(25)20-11-8-17(4-2)9-12-20/h5-13,15-16,25H,3-4,14H2,1-2H3. The first kappa shape index (κ1) is 21.9. The molecule has 172 valence electrons. The molecule has 1 unspecified atom stereocenters. The topological polar surface area (TPSA) is 59.8 Å². The van der Waals surface area contributed by atoms with Crippen molar-refractivity contribution >= 4 is 22.6 Å². The van der Waals surface area contributed by atoms with Gasteiger partial charge in [-0.3, -0.25) is 14.5 Å². The van der Waals surface area contributed by atoms with Gasteiger partial charge in [0.2, 0.25) is 5.76 Å². The summed E-state index contributed by atoms with van der Waals surface area (Å²) in [4.78, 5) is 28.8. The summed E-state index contributed by atoms with van der Waals surface area (Å²) in [7, 11) is 0. The Kier molecular flexibility index (Phi) is 5.65. The van der Waals surface area contributed by atoms with E-state index in [-0.39, 0.29) is 22.3 Å². The average Bonchev–Trinajstić information content (AvgIpc) is 3.16. The zero-order chi connectivity index (χ0) is 23.8. The zero-order valence-corrected chi connectivity index (χ0v) is 19.0. The smallest absolute Gasteiger partial charge is 0.295 e. The highest BCUT2D eigenvalue weighted by Gasteiger charge is 2.43. The lowest BCUT2D eigenvalue weighted by Gasteiger charge is -2.25. The van der Waals surface area contributed by atoms with Crippen molar-refractivity contribution in [3.8, 4) is 5.75 Å². The number of halogens is 1. The fraction of sp³-hybridized carbons (Fsp3) is 0.214. The Bertz CT molecular complexity index is 1440. The van der Waals surface area contributed by atoms with Crippen molar-refractivity contribution in [3.05, 3.63) is 105 Å². The van der Waals surface area contributed by atoms with Crippen molar-refractivity contribution in [2.75, 3.05) is 11.5 Å². The quantitative estimate of drug-likeness (QED) is 0.355. The minimum atomic E-state index is -0.732. The Labute approximate surface area is 196 Å². The summed E-state index contributed by atoms with van der Waals surface area (Å²) >= 11 is 0. The van der Waals surface area contributed by atoms with Crippen LogP contribution in [0, 0.1) is 5.82 Å². The molecule has 3 aromatic carbocycles. The summed E-state index contributed by atoms with van der Waals surface area (Å²) in [5.41, 5.74) is 2.46. The molecule has 0 spiro atoms. The number of amides is 1. The number of nitrogens with zero attached hydrogens (tertiary/aromatic N) is 1. The maximum atomic E-state index is 14.0. The first-order valence-electron chi connectivity index (χ1n) is 11.4. The minimum absolute atomic E-state index is 0.0199. The van der Waals surface area contributed by atoms with Gasteiger partial charge in [-0.2, -0.15) is 0 Å². The van der Waals surface area contributed by atoms with E-state index in [0.29, 0.717) is 23.6 Å². The second-order valence-corrected chi connectivity index (χ2v) is 8.33. The van der Waals surface area contributed by atoms with Gasteiger partial charge in [-0.15, -0.1) is 0 Å². The number of hydrogen-bond acceptors (Lipinski definition) is 4. The Hall–Kier alpha value is -3.93. The second kappa shape index (κ2) is 8.78. The summed E-state index contributed by atoms with van der Waals surface area (Å²) in [6, 6.07) is 18.1. The first-order valence-corrected chi connectivity index (χ1v) is 11.4. The number of carbonyl (C=O) groups excluding carboxylic acids is 1. The molecule has 34 heavy (non-hydrogen) atoms. The van der Waals surface area contributed by atoms with E-state index in [9.17, 15) is 14.0 Å². The van der Waals surface area contributed by atoms with Gasteiger partial charge >= 0.3 is 0 Å². The SMILES string of the molecule is CCCOc1cccc(C2c3c(oc4ccc(F)cc4c3=O)C(=O)N2c2ccc(CC)cc2)c1. The Morgan fingerprint density at radius 3 is 2.53 bits per heavy atom. The van der Waals surface area contributed by atoms with Gasteiger partial charge in [-0.25, -0.2) is 4.39 Å². The molecule has 0 fully saturated rings. The van der Waals surface area contributed by atoms with E-state index in [0.717, 1.165) is 24.5 Å². The molecular formula is C28H24FNO4. The van der Waals surface area contributed by atoms with Crippen LogP contribution in [0.15, 0.2) is 75.9 Å². The normalized spacial score (nSPS) is 15.1. The summed E-state index contributed by atoms with van der Waals surface area (Å²) in [6.07, 6.45) is 1.72. The third-order valence-electron chi connectivity index (χ3n) is 6.10. The third-order valence-corrected chi connectivity index (χ3v) is 6.10. The summed E-state index contributed by atoms with van der Waals surface area (Å²) < 4.78 is 25.7. The van der Waals surface area contributed by atoms with Gasteiger partial charge in [0.15, 0.2) is 5.43 Å². The van der Waals surface area contributed by atoms with Crippen LogP contribution < -0.4 is 15.1 Å². The lowest BCUT2D eigenvalue weighted by atomic mass is 9.98. The van der Waals surface area contributed by atoms with E-state index in [2.05, 4.69) is 6.92 Å². The fourth-order valence-corrected chi connectivity index (χ4v) is 4.41. The number of benzene rings is 3. The third kappa shape index (κ3) is 3.65. The largest absolute Gasteiger partial charge is 0.494 e. The number of fused-ring (bicyclic) bond motifs is 2. The Balaban J connectivity index is 1.74. The van der Waals surface area contributed by atoms with Crippen molar-refractivity contribution in [3.63, 3.8) is 0 Å². The predicted molar refractivity (Wildman–Crippen MR) is 129 cm³/mol. The van der Waals surface area contributed by atoms with Crippen LogP contribution in [0.1, 0.15) is 53.6 Å². The number of hydrogen-bond donors (Lipinski definition) is 0. The van der Waals surface area contributed by atoms with Gasteiger partial charge in [0.25, 0.3) is 5.91 Å². The maximum absolute atomic E-state index is 14.0. The van der Waals surface area contributed by atoms with Crippen LogP contribution in [0.4, 0.5) is 10.1 Å². The number of ether oxygens (including phenoxy) is 1. The van der Waals surface area contributed by atoms with Gasteiger partial charge < -0.3 is 9.15 Å². The van der Waals surface area contributed by atoms with Crippen LogP contribution in [-0.4, -0.2) is 12.5 Å². The van der Waals surface area contributed by atoms with Gasteiger partial charge in [-0.1, -0.05) is 38.1 Å². The molecule has 1 atom stereocenters. The van der Waals surface area contributed by atoms with E-state index >= 15 is 0 Å². The molecular weight excluding hydrogens is 433 g/mol. The molecule has 1 amide bonds. The highest BCUT2D eigenvalue weighted by molar-refractivity contribution is 6.10. The molecule has 2 heterocycles. The van der Waals surface area contributed by atoms with Crippen molar-refractivity contribution in [1.29, 1.82) is 0 Å².